The lowest BCUT2D eigenvalue weighted by Crippen LogP contribution is -2.35. The van der Waals surface area contributed by atoms with Crippen molar-refractivity contribution in [1.29, 1.82) is 0 Å². The van der Waals surface area contributed by atoms with Gasteiger partial charge in [-0.25, -0.2) is 8.78 Å². The van der Waals surface area contributed by atoms with Crippen LogP contribution >= 0.6 is 11.6 Å². The first-order chi connectivity index (χ1) is 10.1. The molecule has 1 unspecified atom stereocenters. The minimum absolute atomic E-state index is 0.301. The molecular weight excluding hydrogens is 290 g/mol. The molecule has 0 aromatic heterocycles. The van der Waals surface area contributed by atoms with Gasteiger partial charge in [0.25, 0.3) is 0 Å². The van der Waals surface area contributed by atoms with Crippen LogP contribution in [0.4, 0.5) is 8.78 Å². The normalized spacial score (nSPS) is 21.1. The van der Waals surface area contributed by atoms with E-state index in [0.717, 1.165) is 25.3 Å². The maximum absolute atomic E-state index is 14.0. The van der Waals surface area contributed by atoms with Crippen molar-refractivity contribution in [2.45, 2.75) is 31.1 Å². The van der Waals surface area contributed by atoms with E-state index in [2.05, 4.69) is 12.1 Å². The Morgan fingerprint density at radius 1 is 1.10 bits per heavy atom. The van der Waals surface area contributed by atoms with Gasteiger partial charge in [0.15, 0.2) is 0 Å². The highest BCUT2D eigenvalue weighted by atomic mass is 35.5. The molecule has 0 N–H and O–H groups in total. The molecule has 0 saturated carbocycles. The standard InChI is InChI=1S/C18H17ClF2/c19-12-18(11-14-10-15(20)7-8-17(14)21)9-3-5-13-4-1-2-6-16(13)18/h1-2,4,6-8,10H,3,5,9,11-12H2. The Hall–Kier alpha value is -1.41. The molecule has 1 aliphatic rings. The third kappa shape index (κ3) is 2.69. The zero-order valence-electron chi connectivity index (χ0n) is 11.7. The predicted octanol–water partition coefficient (Wildman–Crippen LogP) is 5.02. The van der Waals surface area contributed by atoms with Gasteiger partial charge in [-0.1, -0.05) is 24.3 Å². The van der Waals surface area contributed by atoms with Gasteiger partial charge in [-0.2, -0.15) is 0 Å². The molecular formula is C18H17ClF2. The van der Waals surface area contributed by atoms with Crippen molar-refractivity contribution in [3.8, 4) is 0 Å². The number of rotatable bonds is 3. The average Bonchev–Trinajstić information content (AvgIpc) is 2.51. The summed E-state index contributed by atoms with van der Waals surface area (Å²) in [5.41, 5.74) is 2.58. The molecule has 2 aromatic rings. The molecule has 0 spiro atoms. The lowest BCUT2D eigenvalue weighted by molar-refractivity contribution is 0.389. The maximum Gasteiger partial charge on any atom is 0.126 e. The summed E-state index contributed by atoms with van der Waals surface area (Å²) >= 11 is 6.29. The van der Waals surface area contributed by atoms with Crippen LogP contribution in [0.15, 0.2) is 42.5 Å². The Bertz CT molecular complexity index is 653. The van der Waals surface area contributed by atoms with Gasteiger partial charge in [0, 0.05) is 11.3 Å². The Kier molecular flexibility index (Phi) is 3.99. The van der Waals surface area contributed by atoms with Gasteiger partial charge in [-0.3, -0.25) is 0 Å². The summed E-state index contributed by atoms with van der Waals surface area (Å²) in [6, 6.07) is 11.8. The summed E-state index contributed by atoms with van der Waals surface area (Å²) < 4.78 is 27.4. The van der Waals surface area contributed by atoms with Gasteiger partial charge in [-0.15, -0.1) is 11.6 Å². The van der Waals surface area contributed by atoms with Crippen molar-refractivity contribution in [1.82, 2.24) is 0 Å². The second-order valence-electron chi connectivity index (χ2n) is 5.84. The first-order valence-corrected chi connectivity index (χ1v) is 7.76. The van der Waals surface area contributed by atoms with Crippen LogP contribution < -0.4 is 0 Å². The van der Waals surface area contributed by atoms with E-state index in [-0.39, 0.29) is 11.2 Å². The van der Waals surface area contributed by atoms with Crippen molar-refractivity contribution in [3.05, 3.63) is 70.8 Å². The number of halogens is 3. The van der Waals surface area contributed by atoms with E-state index in [1.54, 1.807) is 0 Å². The molecule has 0 radical (unpaired) electrons. The van der Waals surface area contributed by atoms with Crippen LogP contribution in [0.25, 0.3) is 0 Å². The largest absolute Gasteiger partial charge is 0.207 e. The van der Waals surface area contributed by atoms with E-state index in [1.165, 1.54) is 23.3 Å². The Labute approximate surface area is 128 Å². The molecule has 0 saturated heterocycles. The van der Waals surface area contributed by atoms with Crippen LogP contribution in [0.5, 0.6) is 0 Å². The Morgan fingerprint density at radius 3 is 2.71 bits per heavy atom. The summed E-state index contributed by atoms with van der Waals surface area (Å²) in [6.45, 7) is 0. The molecule has 0 nitrogen and oxygen atoms in total. The second-order valence-corrected chi connectivity index (χ2v) is 6.10. The number of benzene rings is 2. The molecule has 21 heavy (non-hydrogen) atoms. The lowest BCUT2D eigenvalue weighted by Gasteiger charge is -2.38. The van der Waals surface area contributed by atoms with Crippen molar-refractivity contribution in [3.63, 3.8) is 0 Å². The fraction of sp³-hybridized carbons (Fsp3) is 0.333. The van der Waals surface area contributed by atoms with E-state index in [0.29, 0.717) is 17.9 Å². The van der Waals surface area contributed by atoms with Gasteiger partial charge < -0.3 is 0 Å². The van der Waals surface area contributed by atoms with E-state index in [1.807, 2.05) is 12.1 Å². The highest BCUT2D eigenvalue weighted by Crippen LogP contribution is 2.41. The molecule has 0 bridgehead atoms. The van der Waals surface area contributed by atoms with Crippen molar-refractivity contribution in [2.24, 2.45) is 0 Å². The first kappa shape index (κ1) is 14.5. The number of aryl methyl sites for hydroxylation is 1. The van der Waals surface area contributed by atoms with Crippen molar-refractivity contribution < 1.29 is 8.78 Å². The summed E-state index contributed by atoms with van der Waals surface area (Å²) in [7, 11) is 0. The van der Waals surface area contributed by atoms with Crippen LogP contribution in [0.3, 0.4) is 0 Å². The van der Waals surface area contributed by atoms with E-state index >= 15 is 0 Å². The summed E-state index contributed by atoms with van der Waals surface area (Å²) in [4.78, 5) is 0. The topological polar surface area (TPSA) is 0 Å². The third-order valence-electron chi connectivity index (χ3n) is 4.48. The zero-order chi connectivity index (χ0) is 14.9. The molecule has 3 rings (SSSR count). The van der Waals surface area contributed by atoms with Crippen LogP contribution in [0.2, 0.25) is 0 Å². The summed E-state index contributed by atoms with van der Waals surface area (Å²) in [6.07, 6.45) is 3.40. The number of alkyl halides is 1. The van der Waals surface area contributed by atoms with Gasteiger partial charge in [-0.05, 0) is 60.6 Å². The zero-order valence-corrected chi connectivity index (χ0v) is 12.5. The molecule has 1 aliphatic carbocycles. The van der Waals surface area contributed by atoms with Gasteiger partial charge >= 0.3 is 0 Å². The van der Waals surface area contributed by atoms with Crippen LogP contribution in [-0.4, -0.2) is 5.88 Å². The van der Waals surface area contributed by atoms with E-state index in [9.17, 15) is 8.78 Å². The quantitative estimate of drug-likeness (QED) is 0.698. The Morgan fingerprint density at radius 2 is 1.90 bits per heavy atom. The highest BCUT2D eigenvalue weighted by Gasteiger charge is 2.36. The molecule has 1 atom stereocenters. The van der Waals surface area contributed by atoms with Crippen molar-refractivity contribution >= 4 is 11.6 Å². The minimum Gasteiger partial charge on any atom is -0.207 e. The van der Waals surface area contributed by atoms with E-state index < -0.39 is 5.82 Å². The maximum atomic E-state index is 14.0. The molecule has 0 aliphatic heterocycles. The van der Waals surface area contributed by atoms with Crippen LogP contribution in [0, 0.1) is 11.6 Å². The van der Waals surface area contributed by atoms with E-state index in [4.69, 9.17) is 11.6 Å². The molecule has 3 heteroatoms. The molecule has 0 fully saturated rings. The monoisotopic (exact) mass is 306 g/mol. The molecule has 0 heterocycles. The van der Waals surface area contributed by atoms with Crippen LogP contribution in [-0.2, 0) is 18.3 Å². The van der Waals surface area contributed by atoms with Gasteiger partial charge in [0.05, 0.1) is 0 Å². The summed E-state index contributed by atoms with van der Waals surface area (Å²) in [5, 5.41) is 0. The third-order valence-corrected chi connectivity index (χ3v) is 4.99. The predicted molar refractivity (Wildman–Crippen MR) is 81.8 cm³/mol. The Balaban J connectivity index is 2.04. The smallest absolute Gasteiger partial charge is 0.126 e. The molecule has 110 valence electrons. The SMILES string of the molecule is Fc1ccc(F)c(CC2(CCl)CCCc3ccccc32)c1. The molecule has 0 amide bonds. The number of fused-ring (bicyclic) bond motifs is 1. The fourth-order valence-electron chi connectivity index (χ4n) is 3.42. The molecule has 2 aromatic carbocycles. The number of hydrogen-bond acceptors (Lipinski definition) is 0. The van der Waals surface area contributed by atoms with Crippen molar-refractivity contribution in [2.75, 3.05) is 5.88 Å². The van der Waals surface area contributed by atoms with Gasteiger partial charge in [0.1, 0.15) is 11.6 Å². The first-order valence-electron chi connectivity index (χ1n) is 7.23. The average molecular weight is 307 g/mol. The minimum atomic E-state index is -0.403. The van der Waals surface area contributed by atoms with Crippen LogP contribution in [0.1, 0.15) is 29.5 Å². The second kappa shape index (κ2) is 5.76. The highest BCUT2D eigenvalue weighted by molar-refractivity contribution is 6.18. The summed E-state index contributed by atoms with van der Waals surface area (Å²) in [5.74, 6) is -0.343. The van der Waals surface area contributed by atoms with Gasteiger partial charge in [0.2, 0.25) is 0 Å². The number of hydrogen-bond donors (Lipinski definition) is 0. The lowest BCUT2D eigenvalue weighted by atomic mass is 9.68. The fourth-order valence-corrected chi connectivity index (χ4v) is 3.79.